The van der Waals surface area contributed by atoms with Gasteiger partial charge in [0.15, 0.2) is 0 Å². The van der Waals surface area contributed by atoms with Crippen LogP contribution in [0, 0.1) is 18.4 Å². The van der Waals surface area contributed by atoms with Gasteiger partial charge in [0.05, 0.1) is 0 Å². The Hall–Kier alpha value is -1.98. The maximum absolute atomic E-state index is 3.50. The molecule has 0 fully saturated rings. The van der Waals surface area contributed by atoms with Gasteiger partial charge < -0.3 is 4.90 Å². The van der Waals surface area contributed by atoms with Crippen LogP contribution in [0.15, 0.2) is 42.5 Å². The van der Waals surface area contributed by atoms with Crippen LogP contribution in [-0.2, 0) is 5.41 Å². The second kappa shape index (κ2) is 6.39. The third kappa shape index (κ3) is 3.99. The molecule has 0 bridgehead atoms. The molecule has 0 atom stereocenters. The average molecular weight is 348 g/mol. The predicted octanol–water partition coefficient (Wildman–Crippen LogP) is 6.04. The number of fused-ring (bicyclic) bond motifs is 1. The van der Waals surface area contributed by atoms with Crippen LogP contribution in [0.1, 0.15) is 37.0 Å². The molecule has 2 heteroatoms. The minimum atomic E-state index is -1.37. The molecule has 130 valence electrons. The SMILES string of the molecule is Cc1ccc(N2CCC(C)(C)c3ccc(C#C[Si](C)(C)C)cc32)cc1. The number of hydrogen-bond acceptors (Lipinski definition) is 1. The monoisotopic (exact) mass is 347 g/mol. The fraction of sp³-hybridized carbons (Fsp3) is 0.391. The van der Waals surface area contributed by atoms with Crippen molar-refractivity contribution < 1.29 is 0 Å². The first-order valence-electron chi connectivity index (χ1n) is 9.18. The minimum Gasteiger partial charge on any atom is -0.341 e. The fourth-order valence-corrected chi connectivity index (χ4v) is 3.82. The van der Waals surface area contributed by atoms with Crippen molar-refractivity contribution in [2.24, 2.45) is 0 Å². The molecule has 0 spiro atoms. The summed E-state index contributed by atoms with van der Waals surface area (Å²) in [6, 6.07) is 15.7. The van der Waals surface area contributed by atoms with Crippen molar-refractivity contribution in [1.82, 2.24) is 0 Å². The average Bonchev–Trinajstić information content (AvgIpc) is 2.53. The molecule has 2 aromatic carbocycles. The molecule has 0 radical (unpaired) electrons. The van der Waals surface area contributed by atoms with Gasteiger partial charge in [-0.2, -0.15) is 0 Å². The van der Waals surface area contributed by atoms with E-state index < -0.39 is 8.07 Å². The summed E-state index contributed by atoms with van der Waals surface area (Å²) in [6.07, 6.45) is 1.16. The van der Waals surface area contributed by atoms with Crippen LogP contribution in [0.3, 0.4) is 0 Å². The highest BCUT2D eigenvalue weighted by molar-refractivity contribution is 6.83. The second-order valence-electron chi connectivity index (χ2n) is 8.85. The number of anilines is 2. The van der Waals surface area contributed by atoms with Crippen molar-refractivity contribution in [3.05, 3.63) is 59.2 Å². The smallest absolute Gasteiger partial charge is 0.129 e. The zero-order chi connectivity index (χ0) is 18.2. The van der Waals surface area contributed by atoms with Gasteiger partial charge in [-0.1, -0.05) is 63.2 Å². The van der Waals surface area contributed by atoms with Crippen molar-refractivity contribution in [3.8, 4) is 11.5 Å². The van der Waals surface area contributed by atoms with Crippen molar-refractivity contribution in [2.75, 3.05) is 11.4 Å². The first-order chi connectivity index (χ1) is 11.7. The van der Waals surface area contributed by atoms with Crippen LogP contribution in [0.5, 0.6) is 0 Å². The number of nitrogens with zero attached hydrogens (tertiary/aromatic N) is 1. The van der Waals surface area contributed by atoms with Crippen molar-refractivity contribution in [2.45, 2.75) is 52.2 Å². The van der Waals surface area contributed by atoms with Crippen LogP contribution < -0.4 is 4.90 Å². The van der Waals surface area contributed by atoms with Gasteiger partial charge in [0.25, 0.3) is 0 Å². The molecule has 0 saturated carbocycles. The van der Waals surface area contributed by atoms with Crippen LogP contribution in [-0.4, -0.2) is 14.6 Å². The highest BCUT2D eigenvalue weighted by atomic mass is 28.3. The zero-order valence-corrected chi connectivity index (χ0v) is 17.4. The quantitative estimate of drug-likeness (QED) is 0.449. The lowest BCUT2D eigenvalue weighted by Crippen LogP contribution is -2.34. The highest BCUT2D eigenvalue weighted by Crippen LogP contribution is 2.43. The maximum Gasteiger partial charge on any atom is 0.129 e. The lowest BCUT2D eigenvalue weighted by molar-refractivity contribution is 0.467. The number of rotatable bonds is 1. The van der Waals surface area contributed by atoms with Gasteiger partial charge in [-0.3, -0.25) is 0 Å². The summed E-state index contributed by atoms with van der Waals surface area (Å²) in [6.45, 7) is 14.8. The van der Waals surface area contributed by atoms with E-state index in [9.17, 15) is 0 Å². The molecule has 1 aliphatic heterocycles. The molecule has 0 aliphatic carbocycles. The van der Waals surface area contributed by atoms with Gasteiger partial charge >= 0.3 is 0 Å². The fourth-order valence-electron chi connectivity index (χ4n) is 3.30. The van der Waals surface area contributed by atoms with E-state index in [1.54, 1.807) is 0 Å². The summed E-state index contributed by atoms with van der Waals surface area (Å²) >= 11 is 0. The molecule has 1 aliphatic rings. The van der Waals surface area contributed by atoms with Crippen molar-refractivity contribution in [1.29, 1.82) is 0 Å². The summed E-state index contributed by atoms with van der Waals surface area (Å²) < 4.78 is 0. The van der Waals surface area contributed by atoms with E-state index >= 15 is 0 Å². The standard InChI is InChI=1S/C23H29NSi/c1-18-7-10-20(11-8-18)24-15-14-23(2,3)21-12-9-19(17-22(21)24)13-16-25(4,5)6/h7-12,17H,14-15H2,1-6H3. The molecular weight excluding hydrogens is 318 g/mol. The molecule has 1 heterocycles. The Kier molecular flexibility index (Phi) is 4.56. The summed E-state index contributed by atoms with van der Waals surface area (Å²) in [7, 11) is -1.37. The number of hydrogen-bond donors (Lipinski definition) is 0. The van der Waals surface area contributed by atoms with Crippen molar-refractivity contribution in [3.63, 3.8) is 0 Å². The predicted molar refractivity (Wildman–Crippen MR) is 112 cm³/mol. The molecular formula is C23H29NSi. The number of benzene rings is 2. The lowest BCUT2D eigenvalue weighted by Gasteiger charge is -2.40. The molecule has 25 heavy (non-hydrogen) atoms. The Morgan fingerprint density at radius 3 is 2.32 bits per heavy atom. The summed E-state index contributed by atoms with van der Waals surface area (Å²) in [4.78, 5) is 2.46. The Balaban J connectivity index is 2.08. The molecule has 0 saturated heterocycles. The van der Waals surface area contributed by atoms with Gasteiger partial charge in [0.1, 0.15) is 8.07 Å². The maximum atomic E-state index is 3.50. The Bertz CT molecular complexity index is 829. The van der Waals surface area contributed by atoms with Gasteiger partial charge in [-0.15, -0.1) is 5.54 Å². The van der Waals surface area contributed by atoms with Crippen LogP contribution in [0.25, 0.3) is 0 Å². The molecule has 2 aromatic rings. The van der Waals surface area contributed by atoms with Crippen LogP contribution >= 0.6 is 0 Å². The molecule has 1 nitrogen and oxygen atoms in total. The van der Waals surface area contributed by atoms with Gasteiger partial charge in [0.2, 0.25) is 0 Å². The van der Waals surface area contributed by atoms with Gasteiger partial charge in [-0.05, 0) is 48.6 Å². The minimum absolute atomic E-state index is 0.210. The molecule has 0 amide bonds. The largest absolute Gasteiger partial charge is 0.341 e. The van der Waals surface area contributed by atoms with E-state index in [1.165, 1.54) is 22.5 Å². The summed E-state index contributed by atoms with van der Waals surface area (Å²) in [5.41, 5.74) is 10.2. The molecule has 0 N–H and O–H groups in total. The van der Waals surface area contributed by atoms with Gasteiger partial charge in [0, 0.05) is 23.5 Å². The second-order valence-corrected chi connectivity index (χ2v) is 13.6. The van der Waals surface area contributed by atoms with E-state index in [0.29, 0.717) is 0 Å². The van der Waals surface area contributed by atoms with Crippen molar-refractivity contribution >= 4 is 19.4 Å². The lowest BCUT2D eigenvalue weighted by atomic mass is 9.77. The molecule has 3 rings (SSSR count). The Labute approximate surface area is 154 Å². The van der Waals surface area contributed by atoms with E-state index in [2.05, 4.69) is 99.2 Å². The van der Waals surface area contributed by atoms with Crippen LogP contribution in [0.4, 0.5) is 11.4 Å². The topological polar surface area (TPSA) is 3.24 Å². The summed E-state index contributed by atoms with van der Waals surface area (Å²) in [5.74, 6) is 3.43. The molecule has 0 unspecified atom stereocenters. The van der Waals surface area contributed by atoms with E-state index in [4.69, 9.17) is 0 Å². The first-order valence-corrected chi connectivity index (χ1v) is 12.7. The Morgan fingerprint density at radius 1 is 1.00 bits per heavy atom. The van der Waals surface area contributed by atoms with E-state index in [0.717, 1.165) is 18.5 Å². The zero-order valence-electron chi connectivity index (χ0n) is 16.4. The molecule has 0 aromatic heterocycles. The van der Waals surface area contributed by atoms with Crippen LogP contribution in [0.2, 0.25) is 19.6 Å². The number of aryl methyl sites for hydroxylation is 1. The first kappa shape index (κ1) is 17.8. The third-order valence-electron chi connectivity index (χ3n) is 4.91. The third-order valence-corrected chi connectivity index (χ3v) is 5.78. The summed E-state index contributed by atoms with van der Waals surface area (Å²) in [5, 5.41) is 0. The normalized spacial score (nSPS) is 16.0. The highest BCUT2D eigenvalue weighted by Gasteiger charge is 2.31. The van der Waals surface area contributed by atoms with E-state index in [-0.39, 0.29) is 5.41 Å². The van der Waals surface area contributed by atoms with Gasteiger partial charge in [-0.25, -0.2) is 0 Å². The Morgan fingerprint density at radius 2 is 1.68 bits per heavy atom. The van der Waals surface area contributed by atoms with E-state index in [1.807, 2.05) is 0 Å².